The zero-order chi connectivity index (χ0) is 14.0. The first-order valence-electron chi connectivity index (χ1n) is 6.34. The van der Waals surface area contributed by atoms with Crippen LogP contribution in [0.25, 0.3) is 0 Å². The Kier molecular flexibility index (Phi) is 3.46. The standard InChI is InChI=1S/C14H18N2O3/c1-14(13(18)19)8-4-7-11(14)16-10-6-3-2-5-9(10)12(15)17/h2-3,5-6,11,16H,4,7-8H2,1H3,(H2,15,17)(H,18,19). The molecule has 0 radical (unpaired) electrons. The van der Waals surface area contributed by atoms with Crippen LogP contribution in [0.15, 0.2) is 24.3 Å². The fourth-order valence-electron chi connectivity index (χ4n) is 2.67. The second-order valence-corrected chi connectivity index (χ2v) is 5.22. The van der Waals surface area contributed by atoms with Gasteiger partial charge in [0.25, 0.3) is 5.91 Å². The number of anilines is 1. The van der Waals surface area contributed by atoms with E-state index in [9.17, 15) is 14.7 Å². The first kappa shape index (κ1) is 13.4. The second kappa shape index (κ2) is 4.91. The highest BCUT2D eigenvalue weighted by atomic mass is 16.4. The molecular formula is C14H18N2O3. The number of para-hydroxylation sites is 1. The molecular weight excluding hydrogens is 244 g/mol. The lowest BCUT2D eigenvalue weighted by molar-refractivity contribution is -0.147. The average molecular weight is 262 g/mol. The number of carbonyl (C=O) groups excluding carboxylic acids is 1. The highest BCUT2D eigenvalue weighted by molar-refractivity contribution is 5.98. The summed E-state index contributed by atoms with van der Waals surface area (Å²) in [6.45, 7) is 1.74. The molecule has 2 rings (SSSR count). The number of primary amides is 1. The fourth-order valence-corrected chi connectivity index (χ4v) is 2.67. The summed E-state index contributed by atoms with van der Waals surface area (Å²) in [5, 5.41) is 12.5. The van der Waals surface area contributed by atoms with Gasteiger partial charge in [0, 0.05) is 11.7 Å². The average Bonchev–Trinajstić information content (AvgIpc) is 2.73. The topological polar surface area (TPSA) is 92.4 Å². The van der Waals surface area contributed by atoms with Crippen molar-refractivity contribution < 1.29 is 14.7 Å². The van der Waals surface area contributed by atoms with Crippen LogP contribution in [0.5, 0.6) is 0 Å². The van der Waals surface area contributed by atoms with Gasteiger partial charge in [0.05, 0.1) is 11.0 Å². The first-order chi connectivity index (χ1) is 8.95. The van der Waals surface area contributed by atoms with Crippen molar-refractivity contribution in [3.05, 3.63) is 29.8 Å². The predicted octanol–water partition coefficient (Wildman–Crippen LogP) is 1.84. The van der Waals surface area contributed by atoms with Crippen molar-refractivity contribution in [1.82, 2.24) is 0 Å². The number of rotatable bonds is 4. The molecule has 2 atom stereocenters. The van der Waals surface area contributed by atoms with Crippen molar-refractivity contribution in [2.24, 2.45) is 11.1 Å². The van der Waals surface area contributed by atoms with Crippen molar-refractivity contribution >= 4 is 17.6 Å². The highest BCUT2D eigenvalue weighted by Gasteiger charge is 2.45. The third-order valence-corrected chi connectivity index (χ3v) is 3.97. The Hall–Kier alpha value is -2.04. The van der Waals surface area contributed by atoms with Gasteiger partial charge in [-0.25, -0.2) is 0 Å². The van der Waals surface area contributed by atoms with Crippen LogP contribution in [0.3, 0.4) is 0 Å². The molecule has 1 saturated carbocycles. The smallest absolute Gasteiger partial charge is 0.311 e. The summed E-state index contributed by atoms with van der Waals surface area (Å²) in [4.78, 5) is 22.8. The van der Waals surface area contributed by atoms with E-state index in [4.69, 9.17) is 5.73 Å². The Morgan fingerprint density at radius 2 is 2.11 bits per heavy atom. The quantitative estimate of drug-likeness (QED) is 0.772. The minimum atomic E-state index is -0.806. The Labute approximate surface area is 111 Å². The van der Waals surface area contributed by atoms with Gasteiger partial charge in [-0.2, -0.15) is 0 Å². The zero-order valence-corrected chi connectivity index (χ0v) is 10.8. The molecule has 1 aromatic carbocycles. The largest absolute Gasteiger partial charge is 0.481 e. The van der Waals surface area contributed by atoms with Crippen LogP contribution in [-0.4, -0.2) is 23.0 Å². The molecule has 1 aliphatic carbocycles. The second-order valence-electron chi connectivity index (χ2n) is 5.22. The highest BCUT2D eigenvalue weighted by Crippen LogP contribution is 2.40. The number of carboxylic acids is 1. The van der Waals surface area contributed by atoms with E-state index in [1.165, 1.54) is 0 Å². The van der Waals surface area contributed by atoms with Crippen LogP contribution in [0.2, 0.25) is 0 Å². The van der Waals surface area contributed by atoms with Gasteiger partial charge in [-0.1, -0.05) is 18.6 Å². The lowest BCUT2D eigenvalue weighted by Gasteiger charge is -2.29. The van der Waals surface area contributed by atoms with Crippen LogP contribution in [0, 0.1) is 5.41 Å². The Balaban J connectivity index is 2.27. The third kappa shape index (κ3) is 2.41. The Morgan fingerprint density at radius 1 is 1.42 bits per heavy atom. The van der Waals surface area contributed by atoms with Gasteiger partial charge in [0.1, 0.15) is 0 Å². The Bertz CT molecular complexity index is 515. The van der Waals surface area contributed by atoms with Gasteiger partial charge < -0.3 is 16.2 Å². The molecule has 1 aliphatic rings. The molecule has 5 nitrogen and oxygen atoms in total. The van der Waals surface area contributed by atoms with Crippen molar-refractivity contribution in [3.8, 4) is 0 Å². The van der Waals surface area contributed by atoms with E-state index < -0.39 is 17.3 Å². The summed E-state index contributed by atoms with van der Waals surface area (Å²) < 4.78 is 0. The number of hydrogen-bond donors (Lipinski definition) is 3. The van der Waals surface area contributed by atoms with Crippen LogP contribution in [-0.2, 0) is 4.79 Å². The molecule has 0 aliphatic heterocycles. The molecule has 1 fully saturated rings. The molecule has 5 heteroatoms. The molecule has 0 aromatic heterocycles. The van der Waals surface area contributed by atoms with E-state index in [1.54, 1.807) is 31.2 Å². The van der Waals surface area contributed by atoms with Gasteiger partial charge in [0.15, 0.2) is 0 Å². The van der Waals surface area contributed by atoms with Gasteiger partial charge in [-0.3, -0.25) is 9.59 Å². The fraction of sp³-hybridized carbons (Fsp3) is 0.429. The van der Waals surface area contributed by atoms with Gasteiger partial charge in [-0.05, 0) is 31.9 Å². The number of hydrogen-bond acceptors (Lipinski definition) is 3. The SMILES string of the molecule is CC1(C(=O)O)CCCC1Nc1ccccc1C(N)=O. The zero-order valence-electron chi connectivity index (χ0n) is 10.8. The van der Waals surface area contributed by atoms with Crippen LogP contribution >= 0.6 is 0 Å². The van der Waals surface area contributed by atoms with E-state index >= 15 is 0 Å². The summed E-state index contributed by atoms with van der Waals surface area (Å²) in [5.41, 5.74) is 5.52. The van der Waals surface area contributed by atoms with Gasteiger partial charge >= 0.3 is 5.97 Å². The van der Waals surface area contributed by atoms with Crippen LogP contribution < -0.4 is 11.1 Å². The number of nitrogens with two attached hydrogens (primary N) is 1. The first-order valence-corrected chi connectivity index (χ1v) is 6.34. The molecule has 0 saturated heterocycles. The molecule has 0 bridgehead atoms. The molecule has 4 N–H and O–H groups in total. The monoisotopic (exact) mass is 262 g/mol. The molecule has 19 heavy (non-hydrogen) atoms. The summed E-state index contributed by atoms with van der Waals surface area (Å²) in [7, 11) is 0. The van der Waals surface area contributed by atoms with Gasteiger partial charge in [0.2, 0.25) is 0 Å². The molecule has 2 unspecified atom stereocenters. The van der Waals surface area contributed by atoms with E-state index in [-0.39, 0.29) is 6.04 Å². The normalized spacial score (nSPS) is 26.1. The van der Waals surface area contributed by atoms with E-state index in [0.29, 0.717) is 17.7 Å². The number of benzene rings is 1. The molecule has 1 aromatic rings. The molecule has 0 spiro atoms. The van der Waals surface area contributed by atoms with E-state index in [2.05, 4.69) is 5.32 Å². The number of nitrogens with one attached hydrogen (secondary N) is 1. The summed E-state index contributed by atoms with van der Waals surface area (Å²) in [6, 6.07) is 6.72. The summed E-state index contributed by atoms with van der Waals surface area (Å²) in [6.07, 6.45) is 2.27. The van der Waals surface area contributed by atoms with Gasteiger partial charge in [-0.15, -0.1) is 0 Å². The van der Waals surface area contributed by atoms with Crippen LogP contribution in [0.1, 0.15) is 36.5 Å². The van der Waals surface area contributed by atoms with Crippen molar-refractivity contribution in [2.75, 3.05) is 5.32 Å². The minimum absolute atomic E-state index is 0.189. The maximum atomic E-state index is 11.4. The number of aliphatic carboxylic acids is 1. The van der Waals surface area contributed by atoms with Crippen molar-refractivity contribution in [2.45, 2.75) is 32.2 Å². The summed E-state index contributed by atoms with van der Waals surface area (Å²) >= 11 is 0. The van der Waals surface area contributed by atoms with Crippen LogP contribution in [0.4, 0.5) is 5.69 Å². The number of amides is 1. The third-order valence-electron chi connectivity index (χ3n) is 3.97. The Morgan fingerprint density at radius 3 is 2.74 bits per heavy atom. The number of carbonyl (C=O) groups is 2. The predicted molar refractivity (Wildman–Crippen MR) is 72.0 cm³/mol. The molecule has 0 heterocycles. The minimum Gasteiger partial charge on any atom is -0.481 e. The lowest BCUT2D eigenvalue weighted by Crippen LogP contribution is -2.40. The van der Waals surface area contributed by atoms with E-state index in [0.717, 1.165) is 12.8 Å². The maximum absolute atomic E-state index is 11.4. The molecule has 102 valence electrons. The van der Waals surface area contributed by atoms with Crippen molar-refractivity contribution in [3.63, 3.8) is 0 Å². The van der Waals surface area contributed by atoms with Crippen molar-refractivity contribution in [1.29, 1.82) is 0 Å². The van der Waals surface area contributed by atoms with E-state index in [1.807, 2.05) is 0 Å². The molecule has 1 amide bonds. The number of carboxylic acid groups (broad SMARTS) is 1. The maximum Gasteiger partial charge on any atom is 0.311 e. The lowest BCUT2D eigenvalue weighted by atomic mass is 9.84. The summed E-state index contributed by atoms with van der Waals surface area (Å²) in [5.74, 6) is -1.32.